The van der Waals surface area contributed by atoms with Gasteiger partial charge in [-0.25, -0.2) is 0 Å². The summed E-state index contributed by atoms with van der Waals surface area (Å²) < 4.78 is 0. The van der Waals surface area contributed by atoms with Gasteiger partial charge in [-0.3, -0.25) is 15.0 Å². The van der Waals surface area contributed by atoms with E-state index in [1.54, 1.807) is 23.3 Å². The Hall–Kier alpha value is -1.68. The summed E-state index contributed by atoms with van der Waals surface area (Å²) in [5.74, 6) is 0. The molecule has 3 rings (SSSR count). The van der Waals surface area contributed by atoms with Crippen LogP contribution in [0.4, 0.5) is 5.69 Å². The van der Waals surface area contributed by atoms with Gasteiger partial charge in [-0.05, 0) is 52.0 Å². The van der Waals surface area contributed by atoms with Gasteiger partial charge in [-0.1, -0.05) is 29.3 Å². The summed E-state index contributed by atoms with van der Waals surface area (Å²) in [5, 5.41) is 11.2. The van der Waals surface area contributed by atoms with Crippen LogP contribution in [-0.4, -0.2) is 29.5 Å². The van der Waals surface area contributed by atoms with Crippen molar-refractivity contribution in [2.75, 3.05) is 13.6 Å². The van der Waals surface area contributed by atoms with Gasteiger partial charge in [0, 0.05) is 24.2 Å². The molecule has 4 heteroatoms. The van der Waals surface area contributed by atoms with Gasteiger partial charge in [0.25, 0.3) is 5.69 Å². The summed E-state index contributed by atoms with van der Waals surface area (Å²) in [7, 11) is 2.20. The van der Waals surface area contributed by atoms with Crippen LogP contribution in [-0.2, 0) is 6.42 Å². The lowest BCUT2D eigenvalue weighted by atomic mass is 9.81. The Bertz CT molecular complexity index is 595. The maximum atomic E-state index is 11.2. The topological polar surface area (TPSA) is 46.4 Å². The van der Waals surface area contributed by atoms with E-state index in [1.165, 1.54) is 32.1 Å². The summed E-state index contributed by atoms with van der Waals surface area (Å²) in [6, 6.07) is 7.64. The molecular formula is C18H24N2O2. The van der Waals surface area contributed by atoms with Crippen LogP contribution in [0.1, 0.15) is 44.1 Å². The zero-order valence-electron chi connectivity index (χ0n) is 13.3. The van der Waals surface area contributed by atoms with Crippen LogP contribution < -0.4 is 0 Å². The number of aryl methyl sites for hydroxylation is 1. The van der Waals surface area contributed by atoms with Crippen molar-refractivity contribution in [1.82, 2.24) is 4.90 Å². The monoisotopic (exact) mass is 300 g/mol. The second-order valence-corrected chi connectivity index (χ2v) is 6.51. The second kappa shape index (κ2) is 6.61. The molecule has 0 aromatic heterocycles. The van der Waals surface area contributed by atoms with E-state index >= 15 is 0 Å². The third-order valence-corrected chi connectivity index (χ3v) is 5.20. The lowest BCUT2D eigenvalue weighted by Gasteiger charge is -2.39. The van der Waals surface area contributed by atoms with Crippen LogP contribution >= 0.6 is 0 Å². The molecule has 1 aliphatic carbocycles. The molecule has 0 N–H and O–H groups in total. The molecular weight excluding hydrogens is 276 g/mol. The van der Waals surface area contributed by atoms with Gasteiger partial charge in [0.2, 0.25) is 0 Å². The molecule has 1 atom stereocenters. The first-order chi connectivity index (χ1) is 10.7. The molecule has 0 amide bonds. The normalized spacial score (nSPS) is 22.5. The quantitative estimate of drug-likeness (QED) is 0.478. The molecule has 1 heterocycles. The summed E-state index contributed by atoms with van der Waals surface area (Å²) in [6.45, 7) is 1.13. The van der Waals surface area contributed by atoms with E-state index in [4.69, 9.17) is 0 Å². The first-order valence-electron chi connectivity index (χ1n) is 8.30. The number of para-hydroxylation sites is 1. The lowest BCUT2D eigenvalue weighted by molar-refractivity contribution is -0.385. The van der Waals surface area contributed by atoms with E-state index in [9.17, 15) is 10.1 Å². The molecule has 0 spiro atoms. The second-order valence-electron chi connectivity index (χ2n) is 6.51. The standard InChI is InChI=1S/C18H24N2O2/c1-19-13-12-14-6-2-4-8-16(14)18(19)11-10-15-7-3-5-9-17(15)20(21)22/h3,5,7,9,18H,2,4,6,8,10-13H2,1H3. The Labute approximate surface area is 132 Å². The van der Waals surface area contributed by atoms with E-state index in [-0.39, 0.29) is 10.6 Å². The van der Waals surface area contributed by atoms with Crippen molar-refractivity contribution >= 4 is 5.69 Å². The number of rotatable bonds is 4. The van der Waals surface area contributed by atoms with Crippen molar-refractivity contribution in [2.45, 2.75) is 51.0 Å². The Balaban J connectivity index is 1.76. The molecule has 0 saturated carbocycles. The molecule has 0 radical (unpaired) electrons. The average molecular weight is 300 g/mol. The molecule has 2 aliphatic rings. The van der Waals surface area contributed by atoms with Gasteiger partial charge >= 0.3 is 0 Å². The third kappa shape index (κ3) is 3.07. The molecule has 1 aromatic carbocycles. The van der Waals surface area contributed by atoms with Crippen LogP contribution in [0.3, 0.4) is 0 Å². The van der Waals surface area contributed by atoms with E-state index in [0.29, 0.717) is 6.04 Å². The molecule has 1 aromatic rings. The average Bonchev–Trinajstić information content (AvgIpc) is 2.54. The van der Waals surface area contributed by atoms with Crippen molar-refractivity contribution in [3.05, 3.63) is 51.1 Å². The first kappa shape index (κ1) is 15.2. The van der Waals surface area contributed by atoms with Crippen LogP contribution in [0.5, 0.6) is 0 Å². The fourth-order valence-corrected chi connectivity index (χ4v) is 4.00. The van der Waals surface area contributed by atoms with Crippen molar-refractivity contribution in [3.63, 3.8) is 0 Å². The number of hydrogen-bond acceptors (Lipinski definition) is 3. The summed E-state index contributed by atoms with van der Waals surface area (Å²) in [5.41, 5.74) is 4.44. The summed E-state index contributed by atoms with van der Waals surface area (Å²) >= 11 is 0. The highest BCUT2D eigenvalue weighted by molar-refractivity contribution is 5.40. The number of likely N-dealkylation sites (N-methyl/N-ethyl adjacent to an activating group) is 1. The minimum absolute atomic E-state index is 0.259. The van der Waals surface area contributed by atoms with Gasteiger partial charge in [0.05, 0.1) is 4.92 Å². The Morgan fingerprint density at radius 3 is 2.82 bits per heavy atom. The van der Waals surface area contributed by atoms with Crippen molar-refractivity contribution in [2.24, 2.45) is 0 Å². The molecule has 22 heavy (non-hydrogen) atoms. The highest BCUT2D eigenvalue weighted by Crippen LogP contribution is 2.36. The van der Waals surface area contributed by atoms with Crippen molar-refractivity contribution < 1.29 is 4.92 Å². The van der Waals surface area contributed by atoms with E-state index in [0.717, 1.165) is 24.9 Å². The number of nitro groups is 1. The maximum absolute atomic E-state index is 11.2. The Morgan fingerprint density at radius 2 is 2.00 bits per heavy atom. The Kier molecular flexibility index (Phi) is 4.57. The fourth-order valence-electron chi connectivity index (χ4n) is 4.00. The predicted octanol–water partition coefficient (Wildman–Crippen LogP) is 4.10. The van der Waals surface area contributed by atoms with E-state index in [1.807, 2.05) is 12.1 Å². The van der Waals surface area contributed by atoms with Gasteiger partial charge in [0.15, 0.2) is 0 Å². The van der Waals surface area contributed by atoms with E-state index < -0.39 is 0 Å². The highest BCUT2D eigenvalue weighted by Gasteiger charge is 2.28. The zero-order valence-corrected chi connectivity index (χ0v) is 13.3. The first-order valence-corrected chi connectivity index (χ1v) is 8.30. The molecule has 0 saturated heterocycles. The lowest BCUT2D eigenvalue weighted by Crippen LogP contribution is -2.39. The maximum Gasteiger partial charge on any atom is 0.272 e. The molecule has 1 aliphatic heterocycles. The van der Waals surface area contributed by atoms with Crippen LogP contribution in [0.2, 0.25) is 0 Å². The number of nitrogens with zero attached hydrogens (tertiary/aromatic N) is 2. The summed E-state index contributed by atoms with van der Waals surface area (Å²) in [4.78, 5) is 13.3. The molecule has 118 valence electrons. The van der Waals surface area contributed by atoms with Gasteiger partial charge < -0.3 is 0 Å². The third-order valence-electron chi connectivity index (χ3n) is 5.20. The van der Waals surface area contributed by atoms with Crippen molar-refractivity contribution in [3.8, 4) is 0 Å². The smallest absolute Gasteiger partial charge is 0.272 e. The number of hydrogen-bond donors (Lipinski definition) is 0. The SMILES string of the molecule is CN1CCC2=C(CCCC2)C1CCc1ccccc1[N+](=O)[O-]. The van der Waals surface area contributed by atoms with Gasteiger partial charge in [-0.2, -0.15) is 0 Å². The minimum atomic E-state index is -0.259. The molecule has 0 bridgehead atoms. The summed E-state index contributed by atoms with van der Waals surface area (Å²) in [6.07, 6.45) is 8.11. The molecule has 4 nitrogen and oxygen atoms in total. The van der Waals surface area contributed by atoms with Crippen LogP contribution in [0, 0.1) is 10.1 Å². The highest BCUT2D eigenvalue weighted by atomic mass is 16.6. The van der Waals surface area contributed by atoms with E-state index in [2.05, 4.69) is 11.9 Å². The Morgan fingerprint density at radius 1 is 1.23 bits per heavy atom. The zero-order chi connectivity index (χ0) is 15.5. The largest absolute Gasteiger partial charge is 0.299 e. The van der Waals surface area contributed by atoms with Gasteiger partial charge in [0.1, 0.15) is 0 Å². The predicted molar refractivity (Wildman–Crippen MR) is 87.9 cm³/mol. The number of benzene rings is 1. The van der Waals surface area contributed by atoms with Crippen molar-refractivity contribution in [1.29, 1.82) is 0 Å². The van der Waals surface area contributed by atoms with Crippen LogP contribution in [0.15, 0.2) is 35.4 Å². The van der Waals surface area contributed by atoms with Crippen LogP contribution in [0.25, 0.3) is 0 Å². The minimum Gasteiger partial charge on any atom is -0.299 e. The molecule has 0 fully saturated rings. The fraction of sp³-hybridized carbons (Fsp3) is 0.556. The molecule has 1 unspecified atom stereocenters. The number of nitro benzene ring substituents is 1. The van der Waals surface area contributed by atoms with Gasteiger partial charge in [-0.15, -0.1) is 0 Å².